The van der Waals surface area contributed by atoms with Crippen LogP contribution in [-0.4, -0.2) is 12.5 Å². The molecule has 4 nitrogen and oxygen atoms in total. The number of nitriles is 1. The average Bonchev–Trinajstić information content (AvgIpc) is 2.58. The van der Waals surface area contributed by atoms with Crippen molar-refractivity contribution in [2.75, 3.05) is 6.61 Å². The summed E-state index contributed by atoms with van der Waals surface area (Å²) in [5.41, 5.74) is 0.0518. The summed E-state index contributed by atoms with van der Waals surface area (Å²) in [6.45, 7) is -0.301. The summed E-state index contributed by atoms with van der Waals surface area (Å²) in [6.07, 6.45) is -4.42. The van der Waals surface area contributed by atoms with Crippen molar-refractivity contribution in [3.63, 3.8) is 0 Å². The van der Waals surface area contributed by atoms with Gasteiger partial charge in [0.15, 0.2) is 6.61 Å². The number of amides is 1. The fourth-order valence-corrected chi connectivity index (χ4v) is 1.88. The molecule has 0 fully saturated rings. The second-order valence-electron chi connectivity index (χ2n) is 4.90. The molecule has 0 spiro atoms. The van der Waals surface area contributed by atoms with Gasteiger partial charge in [-0.3, -0.25) is 4.79 Å². The summed E-state index contributed by atoms with van der Waals surface area (Å²) in [4.78, 5) is 11.7. The first-order chi connectivity index (χ1) is 11.4. The predicted octanol–water partition coefficient (Wildman–Crippen LogP) is 3.27. The van der Waals surface area contributed by atoms with Crippen molar-refractivity contribution >= 4 is 5.91 Å². The number of nitrogens with zero attached hydrogens (tertiary/aromatic N) is 1. The van der Waals surface area contributed by atoms with Crippen LogP contribution in [0.1, 0.15) is 16.7 Å². The number of rotatable bonds is 5. The molecule has 0 bridgehead atoms. The monoisotopic (exact) mass is 334 g/mol. The van der Waals surface area contributed by atoms with Gasteiger partial charge in [-0.2, -0.15) is 18.4 Å². The standard InChI is InChI=1S/C17H13F3N2O2/c18-17(19,20)14-3-1-2-13(8-14)10-22-16(23)11-24-15-6-4-12(9-21)5-7-15/h1-8H,10-11H2,(H,22,23). The van der Waals surface area contributed by atoms with Crippen molar-refractivity contribution in [3.05, 3.63) is 65.2 Å². The molecular formula is C17H13F3N2O2. The Morgan fingerprint density at radius 1 is 1.17 bits per heavy atom. The van der Waals surface area contributed by atoms with Gasteiger partial charge in [-0.25, -0.2) is 0 Å². The highest BCUT2D eigenvalue weighted by Gasteiger charge is 2.30. The molecule has 0 aromatic heterocycles. The van der Waals surface area contributed by atoms with Gasteiger partial charge in [0.25, 0.3) is 5.91 Å². The number of ether oxygens (including phenoxy) is 1. The summed E-state index contributed by atoms with van der Waals surface area (Å²) in [5, 5.41) is 11.2. The zero-order chi connectivity index (χ0) is 17.6. The molecule has 1 N–H and O–H groups in total. The summed E-state index contributed by atoms with van der Waals surface area (Å²) >= 11 is 0. The van der Waals surface area contributed by atoms with Crippen LogP contribution >= 0.6 is 0 Å². The van der Waals surface area contributed by atoms with Crippen LogP contribution in [0.25, 0.3) is 0 Å². The third kappa shape index (κ3) is 5.02. The molecule has 1 amide bonds. The highest BCUT2D eigenvalue weighted by Crippen LogP contribution is 2.29. The number of carbonyl (C=O) groups is 1. The zero-order valence-electron chi connectivity index (χ0n) is 12.4. The molecule has 0 atom stereocenters. The number of hydrogen-bond donors (Lipinski definition) is 1. The Labute approximate surface area is 136 Å². The van der Waals surface area contributed by atoms with Crippen LogP contribution in [0.3, 0.4) is 0 Å². The lowest BCUT2D eigenvalue weighted by Crippen LogP contribution is -2.28. The lowest BCUT2D eigenvalue weighted by Gasteiger charge is -2.10. The van der Waals surface area contributed by atoms with Gasteiger partial charge < -0.3 is 10.1 Å². The van der Waals surface area contributed by atoms with E-state index in [2.05, 4.69) is 5.32 Å². The predicted molar refractivity (Wildman–Crippen MR) is 79.9 cm³/mol. The summed E-state index contributed by atoms with van der Waals surface area (Å²) in [6, 6.07) is 12.9. The largest absolute Gasteiger partial charge is 0.484 e. The Hall–Kier alpha value is -3.01. The Bertz CT molecular complexity index is 750. The highest BCUT2D eigenvalue weighted by molar-refractivity contribution is 5.77. The molecular weight excluding hydrogens is 321 g/mol. The first-order valence-electron chi connectivity index (χ1n) is 6.94. The Morgan fingerprint density at radius 2 is 1.88 bits per heavy atom. The van der Waals surface area contributed by atoms with Crippen molar-refractivity contribution in [3.8, 4) is 11.8 Å². The second kappa shape index (κ2) is 7.51. The summed E-state index contributed by atoms with van der Waals surface area (Å²) in [5.74, 6) is -0.0417. The van der Waals surface area contributed by atoms with Crippen molar-refractivity contribution in [2.45, 2.75) is 12.7 Å². The lowest BCUT2D eigenvalue weighted by atomic mass is 10.1. The lowest BCUT2D eigenvalue weighted by molar-refractivity contribution is -0.137. The van der Waals surface area contributed by atoms with Gasteiger partial charge in [0.05, 0.1) is 17.2 Å². The van der Waals surface area contributed by atoms with Crippen molar-refractivity contribution < 1.29 is 22.7 Å². The van der Waals surface area contributed by atoms with Crippen LogP contribution in [0.15, 0.2) is 48.5 Å². The number of alkyl halides is 3. The fourth-order valence-electron chi connectivity index (χ4n) is 1.88. The Morgan fingerprint density at radius 3 is 2.50 bits per heavy atom. The number of hydrogen-bond acceptors (Lipinski definition) is 3. The third-order valence-corrected chi connectivity index (χ3v) is 3.10. The van der Waals surface area contributed by atoms with E-state index >= 15 is 0 Å². The molecule has 0 unspecified atom stereocenters. The van der Waals surface area contributed by atoms with Gasteiger partial charge in [0.1, 0.15) is 5.75 Å². The van der Waals surface area contributed by atoms with Gasteiger partial charge >= 0.3 is 6.18 Å². The SMILES string of the molecule is N#Cc1ccc(OCC(=O)NCc2cccc(C(F)(F)F)c2)cc1. The quantitative estimate of drug-likeness (QED) is 0.913. The van der Waals surface area contributed by atoms with E-state index in [1.54, 1.807) is 24.3 Å². The molecule has 0 aliphatic heterocycles. The van der Waals surface area contributed by atoms with Crippen LogP contribution in [-0.2, 0) is 17.5 Å². The molecule has 2 aromatic rings. The van der Waals surface area contributed by atoms with E-state index in [9.17, 15) is 18.0 Å². The van der Waals surface area contributed by atoms with E-state index in [4.69, 9.17) is 10.00 Å². The molecule has 0 saturated carbocycles. The third-order valence-electron chi connectivity index (χ3n) is 3.10. The summed E-state index contributed by atoms with van der Waals surface area (Å²) < 4.78 is 43.0. The van der Waals surface area contributed by atoms with Gasteiger partial charge in [-0.15, -0.1) is 0 Å². The second-order valence-corrected chi connectivity index (χ2v) is 4.90. The maximum Gasteiger partial charge on any atom is 0.416 e. The minimum absolute atomic E-state index is 0.0283. The minimum Gasteiger partial charge on any atom is -0.484 e. The molecule has 0 heterocycles. The van der Waals surface area contributed by atoms with Gasteiger partial charge in [0, 0.05) is 6.54 Å². The zero-order valence-corrected chi connectivity index (χ0v) is 12.4. The molecule has 2 rings (SSSR count). The van der Waals surface area contributed by atoms with Crippen molar-refractivity contribution in [1.82, 2.24) is 5.32 Å². The van der Waals surface area contributed by atoms with E-state index in [1.807, 2.05) is 6.07 Å². The molecule has 0 radical (unpaired) electrons. The molecule has 0 aliphatic carbocycles. The Kier molecular flexibility index (Phi) is 5.42. The van der Waals surface area contributed by atoms with Crippen molar-refractivity contribution in [2.24, 2.45) is 0 Å². The number of benzene rings is 2. The molecule has 124 valence electrons. The Balaban J connectivity index is 1.84. The molecule has 24 heavy (non-hydrogen) atoms. The van der Waals surface area contributed by atoms with E-state index in [-0.39, 0.29) is 13.2 Å². The van der Waals surface area contributed by atoms with E-state index in [0.717, 1.165) is 12.1 Å². The normalized spacial score (nSPS) is 10.8. The maximum absolute atomic E-state index is 12.6. The van der Waals surface area contributed by atoms with Crippen LogP contribution in [0.4, 0.5) is 13.2 Å². The number of halogens is 3. The minimum atomic E-state index is -4.42. The van der Waals surface area contributed by atoms with Gasteiger partial charge in [-0.05, 0) is 42.0 Å². The van der Waals surface area contributed by atoms with E-state index in [1.165, 1.54) is 12.1 Å². The van der Waals surface area contributed by atoms with Crippen LogP contribution < -0.4 is 10.1 Å². The smallest absolute Gasteiger partial charge is 0.416 e. The molecule has 2 aromatic carbocycles. The first-order valence-corrected chi connectivity index (χ1v) is 6.94. The summed E-state index contributed by atoms with van der Waals surface area (Å²) in [7, 11) is 0. The highest BCUT2D eigenvalue weighted by atomic mass is 19.4. The van der Waals surface area contributed by atoms with Crippen LogP contribution in [0.5, 0.6) is 5.75 Å². The van der Waals surface area contributed by atoms with Gasteiger partial charge in [0.2, 0.25) is 0 Å². The topological polar surface area (TPSA) is 62.1 Å². The fraction of sp³-hybridized carbons (Fsp3) is 0.176. The van der Waals surface area contributed by atoms with Gasteiger partial charge in [-0.1, -0.05) is 12.1 Å². The van der Waals surface area contributed by atoms with Crippen LogP contribution in [0.2, 0.25) is 0 Å². The number of nitrogens with one attached hydrogen (secondary N) is 1. The molecule has 0 aliphatic rings. The maximum atomic E-state index is 12.6. The van der Waals surface area contributed by atoms with E-state index < -0.39 is 17.6 Å². The molecule has 7 heteroatoms. The number of carbonyl (C=O) groups excluding carboxylic acids is 1. The first kappa shape index (κ1) is 17.3. The van der Waals surface area contributed by atoms with Crippen molar-refractivity contribution in [1.29, 1.82) is 5.26 Å². The molecule has 0 saturated heterocycles. The van der Waals surface area contributed by atoms with E-state index in [0.29, 0.717) is 16.9 Å². The average molecular weight is 334 g/mol. The van der Waals surface area contributed by atoms with Crippen LogP contribution in [0, 0.1) is 11.3 Å².